The fourth-order valence-corrected chi connectivity index (χ4v) is 1.58. The highest BCUT2D eigenvalue weighted by atomic mass is 19.1. The molecule has 0 amide bonds. The van der Waals surface area contributed by atoms with Gasteiger partial charge in [-0.05, 0) is 19.4 Å². The van der Waals surface area contributed by atoms with Crippen molar-refractivity contribution in [3.8, 4) is 0 Å². The van der Waals surface area contributed by atoms with Gasteiger partial charge in [0.2, 0.25) is 5.95 Å². The molecule has 16 heavy (non-hydrogen) atoms. The minimum atomic E-state index is -0.477. The number of benzene rings is 1. The first kappa shape index (κ1) is 10.7. The predicted molar refractivity (Wildman–Crippen MR) is 60.7 cm³/mol. The van der Waals surface area contributed by atoms with E-state index in [0.717, 1.165) is 11.3 Å². The molecule has 0 radical (unpaired) electrons. The minimum Gasteiger partial charge on any atom is -0.251 e. The summed E-state index contributed by atoms with van der Waals surface area (Å²) in [5, 5.41) is 0. The Kier molecular flexibility index (Phi) is 2.95. The maximum absolute atomic E-state index is 13.1. The van der Waals surface area contributed by atoms with Crippen molar-refractivity contribution in [1.82, 2.24) is 9.97 Å². The molecule has 2 rings (SSSR count). The zero-order valence-corrected chi connectivity index (χ0v) is 9.37. The Labute approximate surface area is 94.2 Å². The first-order chi connectivity index (χ1) is 7.66. The van der Waals surface area contributed by atoms with E-state index in [1.807, 2.05) is 30.3 Å². The molecule has 2 aromatic rings. The summed E-state index contributed by atoms with van der Waals surface area (Å²) in [4.78, 5) is 8.07. The van der Waals surface area contributed by atoms with E-state index in [4.69, 9.17) is 0 Å². The number of aromatic nitrogens is 2. The van der Waals surface area contributed by atoms with Gasteiger partial charge in [-0.1, -0.05) is 30.3 Å². The van der Waals surface area contributed by atoms with E-state index in [2.05, 4.69) is 9.97 Å². The summed E-state index contributed by atoms with van der Waals surface area (Å²) in [6.07, 6.45) is 0.695. The monoisotopic (exact) mass is 216 g/mol. The van der Waals surface area contributed by atoms with E-state index in [-0.39, 0.29) is 0 Å². The molecule has 0 fully saturated rings. The largest absolute Gasteiger partial charge is 0.251 e. The lowest BCUT2D eigenvalue weighted by Crippen LogP contribution is -2.04. The van der Waals surface area contributed by atoms with Gasteiger partial charge in [-0.2, -0.15) is 4.39 Å². The van der Waals surface area contributed by atoms with E-state index in [0.29, 0.717) is 17.8 Å². The van der Waals surface area contributed by atoms with Crippen molar-refractivity contribution in [1.29, 1.82) is 0 Å². The second-order valence-electron chi connectivity index (χ2n) is 3.79. The van der Waals surface area contributed by atoms with E-state index in [1.165, 1.54) is 0 Å². The van der Waals surface area contributed by atoms with Gasteiger partial charge in [0, 0.05) is 6.42 Å². The third-order valence-electron chi connectivity index (χ3n) is 2.50. The topological polar surface area (TPSA) is 25.8 Å². The highest BCUT2D eigenvalue weighted by molar-refractivity contribution is 5.24. The number of nitrogens with zero attached hydrogens (tertiary/aromatic N) is 2. The second-order valence-corrected chi connectivity index (χ2v) is 3.79. The van der Waals surface area contributed by atoms with Crippen molar-refractivity contribution in [3.05, 3.63) is 58.9 Å². The van der Waals surface area contributed by atoms with Crippen LogP contribution in [0.4, 0.5) is 4.39 Å². The number of halogens is 1. The third-order valence-corrected chi connectivity index (χ3v) is 2.50. The summed E-state index contributed by atoms with van der Waals surface area (Å²) in [7, 11) is 0. The summed E-state index contributed by atoms with van der Waals surface area (Å²) in [5.74, 6) is -0.477. The molecular weight excluding hydrogens is 203 g/mol. The first-order valence-corrected chi connectivity index (χ1v) is 5.20. The summed E-state index contributed by atoms with van der Waals surface area (Å²) in [5.41, 5.74) is 3.01. The molecule has 0 aliphatic rings. The average molecular weight is 216 g/mol. The number of rotatable bonds is 2. The van der Waals surface area contributed by atoms with Gasteiger partial charge < -0.3 is 0 Å². The van der Waals surface area contributed by atoms with Gasteiger partial charge in [0.05, 0.1) is 17.1 Å². The van der Waals surface area contributed by atoms with Crippen molar-refractivity contribution >= 4 is 0 Å². The molecule has 0 aliphatic heterocycles. The lowest BCUT2D eigenvalue weighted by Gasteiger charge is -2.06. The lowest BCUT2D eigenvalue weighted by molar-refractivity contribution is 0.557. The van der Waals surface area contributed by atoms with Gasteiger partial charge in [0.1, 0.15) is 0 Å². The van der Waals surface area contributed by atoms with E-state index in [9.17, 15) is 4.39 Å². The lowest BCUT2D eigenvalue weighted by atomic mass is 10.1. The molecule has 0 unspecified atom stereocenters. The van der Waals surface area contributed by atoms with Crippen LogP contribution in [0.25, 0.3) is 0 Å². The van der Waals surface area contributed by atoms with Crippen LogP contribution in [0.5, 0.6) is 0 Å². The quantitative estimate of drug-likeness (QED) is 0.771. The van der Waals surface area contributed by atoms with Crippen molar-refractivity contribution in [3.63, 3.8) is 0 Å². The SMILES string of the molecule is Cc1nc(Cc2ccccc2)c(C)nc1F. The Morgan fingerprint density at radius 1 is 1.00 bits per heavy atom. The van der Waals surface area contributed by atoms with Crippen molar-refractivity contribution in [2.45, 2.75) is 20.3 Å². The van der Waals surface area contributed by atoms with E-state index >= 15 is 0 Å². The molecule has 0 atom stereocenters. The second kappa shape index (κ2) is 4.39. The minimum absolute atomic E-state index is 0.358. The third kappa shape index (κ3) is 2.24. The van der Waals surface area contributed by atoms with Gasteiger partial charge >= 0.3 is 0 Å². The van der Waals surface area contributed by atoms with Crippen LogP contribution in [0.1, 0.15) is 22.6 Å². The van der Waals surface area contributed by atoms with Gasteiger partial charge in [-0.15, -0.1) is 0 Å². The van der Waals surface area contributed by atoms with Gasteiger partial charge in [-0.25, -0.2) is 4.98 Å². The van der Waals surface area contributed by atoms with Crippen LogP contribution in [0.2, 0.25) is 0 Å². The molecule has 0 N–H and O–H groups in total. The molecule has 0 bridgehead atoms. The fraction of sp³-hybridized carbons (Fsp3) is 0.231. The Morgan fingerprint density at radius 2 is 1.69 bits per heavy atom. The number of hydrogen-bond donors (Lipinski definition) is 0. The molecule has 1 heterocycles. The van der Waals surface area contributed by atoms with Crippen LogP contribution in [0.3, 0.4) is 0 Å². The first-order valence-electron chi connectivity index (χ1n) is 5.20. The molecule has 0 spiro atoms. The maximum atomic E-state index is 13.1. The van der Waals surface area contributed by atoms with Crippen LogP contribution < -0.4 is 0 Å². The van der Waals surface area contributed by atoms with Crippen LogP contribution >= 0.6 is 0 Å². The van der Waals surface area contributed by atoms with E-state index in [1.54, 1.807) is 13.8 Å². The van der Waals surface area contributed by atoms with Gasteiger partial charge in [-0.3, -0.25) is 4.98 Å². The van der Waals surface area contributed by atoms with E-state index < -0.39 is 5.95 Å². The molecule has 82 valence electrons. The highest BCUT2D eigenvalue weighted by Gasteiger charge is 2.07. The molecule has 0 saturated heterocycles. The zero-order chi connectivity index (χ0) is 11.5. The Morgan fingerprint density at radius 3 is 2.38 bits per heavy atom. The summed E-state index contributed by atoms with van der Waals surface area (Å²) >= 11 is 0. The zero-order valence-electron chi connectivity index (χ0n) is 9.37. The molecule has 0 aliphatic carbocycles. The molecule has 1 aromatic carbocycles. The van der Waals surface area contributed by atoms with Crippen LogP contribution in [-0.4, -0.2) is 9.97 Å². The van der Waals surface area contributed by atoms with Crippen LogP contribution in [-0.2, 0) is 6.42 Å². The maximum Gasteiger partial charge on any atom is 0.234 e. The predicted octanol–water partition coefficient (Wildman–Crippen LogP) is 2.82. The van der Waals surface area contributed by atoms with Gasteiger partial charge in [0.25, 0.3) is 0 Å². The Bertz CT molecular complexity index is 495. The summed E-state index contributed by atoms with van der Waals surface area (Å²) in [6.45, 7) is 3.42. The Balaban J connectivity index is 2.32. The summed E-state index contributed by atoms with van der Waals surface area (Å²) in [6, 6.07) is 9.99. The molecular formula is C13H13FN2. The smallest absolute Gasteiger partial charge is 0.234 e. The van der Waals surface area contributed by atoms with Gasteiger partial charge in [0.15, 0.2) is 0 Å². The molecule has 2 nitrogen and oxygen atoms in total. The molecule has 3 heteroatoms. The van der Waals surface area contributed by atoms with Crippen LogP contribution in [0.15, 0.2) is 30.3 Å². The number of hydrogen-bond acceptors (Lipinski definition) is 2. The summed E-state index contributed by atoms with van der Waals surface area (Å²) < 4.78 is 13.1. The van der Waals surface area contributed by atoms with Crippen molar-refractivity contribution in [2.75, 3.05) is 0 Å². The fourth-order valence-electron chi connectivity index (χ4n) is 1.58. The Hall–Kier alpha value is -1.77. The molecule has 0 saturated carbocycles. The average Bonchev–Trinajstić information content (AvgIpc) is 2.27. The standard InChI is InChI=1S/C13H13FN2/c1-9-12(15-10(2)13(14)16-9)8-11-6-4-3-5-7-11/h3-7H,8H2,1-2H3. The van der Waals surface area contributed by atoms with Crippen molar-refractivity contribution in [2.24, 2.45) is 0 Å². The molecule has 1 aromatic heterocycles. The van der Waals surface area contributed by atoms with Crippen LogP contribution in [0, 0.1) is 19.8 Å². The normalized spacial score (nSPS) is 10.4. The highest BCUT2D eigenvalue weighted by Crippen LogP contribution is 2.11. The van der Waals surface area contributed by atoms with Crippen molar-refractivity contribution < 1.29 is 4.39 Å². The number of aryl methyl sites for hydroxylation is 2.